The molecule has 0 radical (unpaired) electrons. The third kappa shape index (κ3) is 6.36. The molecule has 4 heteroatoms. The van der Waals surface area contributed by atoms with Crippen LogP contribution >= 0.6 is 0 Å². The maximum atomic E-state index is 11.6. The van der Waals surface area contributed by atoms with Crippen LogP contribution in [0.2, 0.25) is 0 Å². The van der Waals surface area contributed by atoms with E-state index in [4.69, 9.17) is 0 Å². The van der Waals surface area contributed by atoms with E-state index in [1.54, 1.807) is 0 Å². The first-order valence-electron chi connectivity index (χ1n) is 7.34. The fraction of sp³-hybridized carbons (Fsp3) is 0.929. The quantitative estimate of drug-likeness (QED) is 0.719. The largest absolute Gasteiger partial charge is 0.354 e. The Morgan fingerprint density at radius 2 is 2.06 bits per heavy atom. The van der Waals surface area contributed by atoms with Gasteiger partial charge in [-0.1, -0.05) is 13.8 Å². The standard InChI is InChI=1S/C14H29N3O/c1-4-13(3)16-11-14(18)15-7-10-17-8-5-12(2)6-9-17/h12-13,16H,4-11H2,1-3H3,(H,15,18). The smallest absolute Gasteiger partial charge is 0.234 e. The van der Waals surface area contributed by atoms with Crippen LogP contribution in [0.1, 0.15) is 40.0 Å². The molecule has 1 heterocycles. The topological polar surface area (TPSA) is 44.4 Å². The molecule has 0 aromatic carbocycles. The predicted octanol–water partition coefficient (Wildman–Crippen LogP) is 1.22. The first-order chi connectivity index (χ1) is 8.61. The Bertz CT molecular complexity index is 237. The lowest BCUT2D eigenvalue weighted by Gasteiger charge is -2.30. The minimum absolute atomic E-state index is 0.112. The van der Waals surface area contributed by atoms with Crippen molar-refractivity contribution in [1.82, 2.24) is 15.5 Å². The third-order valence-corrected chi connectivity index (χ3v) is 3.85. The molecular formula is C14H29N3O. The Morgan fingerprint density at radius 1 is 1.39 bits per heavy atom. The van der Waals surface area contributed by atoms with Crippen molar-refractivity contribution in [3.8, 4) is 0 Å². The molecule has 0 aliphatic carbocycles. The van der Waals surface area contributed by atoms with Crippen LogP contribution in [0.3, 0.4) is 0 Å². The number of hydrogen-bond acceptors (Lipinski definition) is 3. The lowest BCUT2D eigenvalue weighted by atomic mass is 9.99. The number of rotatable bonds is 7. The number of nitrogens with one attached hydrogen (secondary N) is 2. The van der Waals surface area contributed by atoms with Crippen molar-refractivity contribution in [3.05, 3.63) is 0 Å². The van der Waals surface area contributed by atoms with Gasteiger partial charge in [0.05, 0.1) is 6.54 Å². The Balaban J connectivity index is 2.01. The zero-order valence-electron chi connectivity index (χ0n) is 12.2. The van der Waals surface area contributed by atoms with Crippen molar-refractivity contribution in [2.75, 3.05) is 32.7 Å². The van der Waals surface area contributed by atoms with E-state index in [1.807, 2.05) is 0 Å². The van der Waals surface area contributed by atoms with Gasteiger partial charge in [0, 0.05) is 19.1 Å². The van der Waals surface area contributed by atoms with Crippen LogP contribution in [-0.4, -0.2) is 49.6 Å². The minimum atomic E-state index is 0.112. The van der Waals surface area contributed by atoms with Crippen LogP contribution in [-0.2, 0) is 4.79 Å². The molecular weight excluding hydrogens is 226 g/mol. The van der Waals surface area contributed by atoms with Crippen LogP contribution in [0, 0.1) is 5.92 Å². The highest BCUT2D eigenvalue weighted by molar-refractivity contribution is 5.77. The molecule has 1 saturated heterocycles. The van der Waals surface area contributed by atoms with Crippen molar-refractivity contribution >= 4 is 5.91 Å². The average Bonchev–Trinajstić information content (AvgIpc) is 2.38. The van der Waals surface area contributed by atoms with Crippen LogP contribution < -0.4 is 10.6 Å². The van der Waals surface area contributed by atoms with Gasteiger partial charge in [-0.15, -0.1) is 0 Å². The van der Waals surface area contributed by atoms with Gasteiger partial charge in [-0.25, -0.2) is 0 Å². The number of likely N-dealkylation sites (tertiary alicyclic amines) is 1. The number of carbonyl (C=O) groups excluding carboxylic acids is 1. The highest BCUT2D eigenvalue weighted by atomic mass is 16.1. The Hall–Kier alpha value is -0.610. The first-order valence-corrected chi connectivity index (χ1v) is 7.34. The molecule has 0 spiro atoms. The fourth-order valence-corrected chi connectivity index (χ4v) is 2.11. The van der Waals surface area contributed by atoms with Crippen molar-refractivity contribution in [3.63, 3.8) is 0 Å². The zero-order chi connectivity index (χ0) is 13.4. The van der Waals surface area contributed by atoms with Crippen molar-refractivity contribution in [1.29, 1.82) is 0 Å². The number of nitrogens with zero attached hydrogens (tertiary/aromatic N) is 1. The van der Waals surface area contributed by atoms with E-state index in [1.165, 1.54) is 25.9 Å². The average molecular weight is 255 g/mol. The molecule has 1 amide bonds. The summed E-state index contributed by atoms with van der Waals surface area (Å²) in [5, 5.41) is 6.18. The summed E-state index contributed by atoms with van der Waals surface area (Å²) in [5.41, 5.74) is 0. The second-order valence-electron chi connectivity index (χ2n) is 5.56. The predicted molar refractivity (Wildman–Crippen MR) is 75.6 cm³/mol. The van der Waals surface area contributed by atoms with E-state index < -0.39 is 0 Å². The van der Waals surface area contributed by atoms with Gasteiger partial charge in [-0.3, -0.25) is 4.79 Å². The Morgan fingerprint density at radius 3 is 2.67 bits per heavy atom. The first kappa shape index (κ1) is 15.4. The molecule has 1 unspecified atom stereocenters. The molecule has 0 aromatic heterocycles. The SMILES string of the molecule is CCC(C)NCC(=O)NCCN1CCC(C)CC1. The summed E-state index contributed by atoms with van der Waals surface area (Å²) < 4.78 is 0. The van der Waals surface area contributed by atoms with Gasteiger partial charge >= 0.3 is 0 Å². The molecule has 1 rings (SSSR count). The van der Waals surface area contributed by atoms with E-state index in [0.29, 0.717) is 12.6 Å². The molecule has 0 saturated carbocycles. The highest BCUT2D eigenvalue weighted by Crippen LogP contribution is 2.14. The maximum absolute atomic E-state index is 11.6. The van der Waals surface area contributed by atoms with E-state index in [2.05, 4.69) is 36.3 Å². The summed E-state index contributed by atoms with van der Waals surface area (Å²) in [4.78, 5) is 14.0. The van der Waals surface area contributed by atoms with Crippen LogP contribution in [0.15, 0.2) is 0 Å². The Kier molecular flexibility index (Phi) is 7.28. The van der Waals surface area contributed by atoms with Gasteiger partial charge in [-0.2, -0.15) is 0 Å². The molecule has 1 atom stereocenters. The normalized spacial score (nSPS) is 19.7. The second-order valence-corrected chi connectivity index (χ2v) is 5.56. The third-order valence-electron chi connectivity index (χ3n) is 3.85. The van der Waals surface area contributed by atoms with Crippen LogP contribution in [0.25, 0.3) is 0 Å². The lowest BCUT2D eigenvalue weighted by molar-refractivity contribution is -0.120. The van der Waals surface area contributed by atoms with Gasteiger partial charge in [0.1, 0.15) is 0 Å². The van der Waals surface area contributed by atoms with Gasteiger partial charge in [0.2, 0.25) is 5.91 Å². The summed E-state index contributed by atoms with van der Waals surface area (Å²) in [6.07, 6.45) is 3.65. The zero-order valence-corrected chi connectivity index (χ0v) is 12.2. The van der Waals surface area contributed by atoms with E-state index in [-0.39, 0.29) is 5.91 Å². The molecule has 1 aliphatic heterocycles. The monoisotopic (exact) mass is 255 g/mol. The molecule has 0 aromatic rings. The Labute approximate surface area is 111 Å². The van der Waals surface area contributed by atoms with Crippen LogP contribution in [0.5, 0.6) is 0 Å². The van der Waals surface area contributed by atoms with Crippen molar-refractivity contribution in [2.45, 2.75) is 46.1 Å². The fourth-order valence-electron chi connectivity index (χ4n) is 2.11. The van der Waals surface area contributed by atoms with Gasteiger partial charge in [0.25, 0.3) is 0 Å². The molecule has 2 N–H and O–H groups in total. The van der Waals surface area contributed by atoms with E-state index >= 15 is 0 Å². The van der Waals surface area contributed by atoms with Crippen molar-refractivity contribution in [2.24, 2.45) is 5.92 Å². The summed E-state index contributed by atoms with van der Waals surface area (Å²) in [7, 11) is 0. The van der Waals surface area contributed by atoms with E-state index in [0.717, 1.165) is 25.4 Å². The number of hydrogen-bond donors (Lipinski definition) is 2. The van der Waals surface area contributed by atoms with Gasteiger partial charge in [-0.05, 0) is 45.2 Å². The molecule has 4 nitrogen and oxygen atoms in total. The molecule has 1 aliphatic rings. The second kappa shape index (κ2) is 8.48. The molecule has 1 fully saturated rings. The highest BCUT2D eigenvalue weighted by Gasteiger charge is 2.15. The van der Waals surface area contributed by atoms with E-state index in [9.17, 15) is 4.79 Å². The van der Waals surface area contributed by atoms with Gasteiger partial charge < -0.3 is 15.5 Å². The molecule has 18 heavy (non-hydrogen) atoms. The lowest BCUT2D eigenvalue weighted by Crippen LogP contribution is -2.42. The number of piperidine rings is 1. The number of carbonyl (C=O) groups is 1. The van der Waals surface area contributed by atoms with Gasteiger partial charge in [0.15, 0.2) is 0 Å². The summed E-state index contributed by atoms with van der Waals surface area (Å²) in [5.74, 6) is 0.983. The maximum Gasteiger partial charge on any atom is 0.234 e. The summed E-state index contributed by atoms with van der Waals surface area (Å²) >= 11 is 0. The molecule has 106 valence electrons. The molecule has 0 bridgehead atoms. The van der Waals surface area contributed by atoms with Crippen LogP contribution in [0.4, 0.5) is 0 Å². The van der Waals surface area contributed by atoms with Crippen molar-refractivity contribution < 1.29 is 4.79 Å². The summed E-state index contributed by atoms with van der Waals surface area (Å²) in [6, 6.07) is 0.416. The number of amides is 1. The minimum Gasteiger partial charge on any atom is -0.354 e. The summed E-state index contributed by atoms with van der Waals surface area (Å²) in [6.45, 7) is 11.1.